The van der Waals surface area contributed by atoms with Gasteiger partial charge < -0.3 is 15.5 Å². The number of likely N-dealkylation sites (N-methyl/N-ethyl adjacent to an activating group) is 1. The Labute approximate surface area is 182 Å². The molecule has 146 valence electrons. The van der Waals surface area contributed by atoms with Gasteiger partial charge in [-0.05, 0) is 36.8 Å². The fourth-order valence-corrected chi connectivity index (χ4v) is 3.02. The van der Waals surface area contributed by atoms with Crippen LogP contribution in [0.2, 0.25) is 5.02 Å². The molecule has 26 heavy (non-hydrogen) atoms. The van der Waals surface area contributed by atoms with Gasteiger partial charge in [0.2, 0.25) is 5.91 Å². The van der Waals surface area contributed by atoms with E-state index in [1.165, 1.54) is 5.56 Å². The second-order valence-electron chi connectivity index (χ2n) is 6.52. The predicted molar refractivity (Wildman–Crippen MR) is 123 cm³/mol. The lowest BCUT2D eigenvalue weighted by atomic mass is 9.96. The number of nitrogens with one attached hydrogen (secondary N) is 2. The van der Waals surface area contributed by atoms with Crippen LogP contribution in [-0.4, -0.2) is 62.5 Å². The molecular weight excluding hydrogens is 483 g/mol. The fourth-order valence-electron chi connectivity index (χ4n) is 2.52. The molecule has 0 unspecified atom stereocenters. The molecule has 1 aromatic rings. The summed E-state index contributed by atoms with van der Waals surface area (Å²) < 4.78 is 0. The maximum Gasteiger partial charge on any atom is 0.243 e. The second-order valence-corrected chi connectivity index (χ2v) is 7.94. The average Bonchev–Trinajstić information content (AvgIpc) is 3.37. The molecule has 0 bridgehead atoms. The van der Waals surface area contributed by atoms with Gasteiger partial charge in [0.05, 0.1) is 0 Å². The zero-order valence-corrected chi connectivity index (χ0v) is 19.5. The van der Waals surface area contributed by atoms with Crippen LogP contribution in [0.15, 0.2) is 29.3 Å². The molecule has 0 aliphatic heterocycles. The van der Waals surface area contributed by atoms with Gasteiger partial charge in [-0.25, -0.2) is 4.99 Å². The van der Waals surface area contributed by atoms with Gasteiger partial charge >= 0.3 is 0 Å². The summed E-state index contributed by atoms with van der Waals surface area (Å²) >= 11 is 7.91. The van der Waals surface area contributed by atoms with Crippen LogP contribution in [-0.2, 0) is 10.2 Å². The van der Waals surface area contributed by atoms with E-state index in [0.29, 0.717) is 5.96 Å². The Kier molecular flexibility index (Phi) is 10.1. The molecule has 1 aliphatic rings. The maximum absolute atomic E-state index is 11.8. The highest BCUT2D eigenvalue weighted by atomic mass is 127. The van der Waals surface area contributed by atoms with Crippen LogP contribution >= 0.6 is 47.3 Å². The molecule has 5 nitrogen and oxygen atoms in total. The number of carbonyl (C=O) groups is 1. The Bertz CT molecular complexity index is 623. The van der Waals surface area contributed by atoms with Crippen molar-refractivity contribution in [3.8, 4) is 0 Å². The van der Waals surface area contributed by atoms with E-state index < -0.39 is 0 Å². The predicted octanol–water partition coefficient (Wildman–Crippen LogP) is 2.98. The van der Waals surface area contributed by atoms with E-state index in [2.05, 4.69) is 27.9 Å². The lowest BCUT2D eigenvalue weighted by Crippen LogP contribution is -2.42. The van der Waals surface area contributed by atoms with E-state index in [4.69, 9.17) is 11.6 Å². The highest BCUT2D eigenvalue weighted by molar-refractivity contribution is 14.0. The van der Waals surface area contributed by atoms with Crippen molar-refractivity contribution in [2.24, 2.45) is 4.99 Å². The number of amides is 1. The lowest BCUT2D eigenvalue weighted by Gasteiger charge is -2.20. The topological polar surface area (TPSA) is 56.7 Å². The Hall–Kier alpha value is -0.670. The second kappa shape index (κ2) is 11.2. The minimum absolute atomic E-state index is 0. The van der Waals surface area contributed by atoms with Crippen LogP contribution in [0.1, 0.15) is 18.4 Å². The molecule has 0 aromatic heterocycles. The zero-order chi connectivity index (χ0) is 18.3. The molecule has 0 heterocycles. The zero-order valence-electron chi connectivity index (χ0n) is 15.5. The third kappa shape index (κ3) is 7.15. The molecule has 1 amide bonds. The SMILES string of the molecule is CSCCNC(=NCC(=O)N(C)C)NCC1(c2cccc(Cl)c2)CC1.I. The van der Waals surface area contributed by atoms with Crippen LogP contribution in [0.5, 0.6) is 0 Å². The van der Waals surface area contributed by atoms with Crippen molar-refractivity contribution in [2.75, 3.05) is 45.7 Å². The van der Waals surface area contributed by atoms with Crippen LogP contribution in [0.25, 0.3) is 0 Å². The molecule has 8 heteroatoms. The summed E-state index contributed by atoms with van der Waals surface area (Å²) in [6.07, 6.45) is 4.34. The van der Waals surface area contributed by atoms with E-state index in [9.17, 15) is 4.79 Å². The number of hydrogen-bond donors (Lipinski definition) is 2. The summed E-state index contributed by atoms with van der Waals surface area (Å²) in [6, 6.07) is 8.08. The first-order chi connectivity index (χ1) is 12.0. The monoisotopic (exact) mass is 510 g/mol. The molecule has 2 rings (SSSR count). The number of hydrogen-bond acceptors (Lipinski definition) is 3. The summed E-state index contributed by atoms with van der Waals surface area (Å²) in [5, 5.41) is 7.48. The first kappa shape index (κ1) is 23.4. The maximum atomic E-state index is 11.8. The third-order valence-electron chi connectivity index (χ3n) is 4.35. The van der Waals surface area contributed by atoms with Crippen molar-refractivity contribution in [3.63, 3.8) is 0 Å². The number of benzene rings is 1. The molecule has 1 fully saturated rings. The largest absolute Gasteiger partial charge is 0.356 e. The number of thioether (sulfide) groups is 1. The molecule has 0 saturated heterocycles. The van der Waals surface area contributed by atoms with Gasteiger partial charge in [-0.1, -0.05) is 23.7 Å². The molecule has 0 radical (unpaired) electrons. The normalized spacial score (nSPS) is 15.0. The van der Waals surface area contributed by atoms with E-state index in [1.807, 2.05) is 18.2 Å². The van der Waals surface area contributed by atoms with Crippen LogP contribution < -0.4 is 10.6 Å². The summed E-state index contributed by atoms with van der Waals surface area (Å²) in [4.78, 5) is 17.8. The van der Waals surface area contributed by atoms with Gasteiger partial charge in [0, 0.05) is 43.4 Å². The first-order valence-electron chi connectivity index (χ1n) is 8.44. The Morgan fingerprint density at radius 1 is 1.35 bits per heavy atom. The van der Waals surface area contributed by atoms with E-state index >= 15 is 0 Å². The van der Waals surface area contributed by atoms with Gasteiger partial charge in [0.1, 0.15) is 6.54 Å². The first-order valence-corrected chi connectivity index (χ1v) is 10.2. The van der Waals surface area contributed by atoms with Crippen molar-refractivity contribution >= 4 is 59.2 Å². The van der Waals surface area contributed by atoms with Crippen molar-refractivity contribution in [3.05, 3.63) is 34.9 Å². The highest BCUT2D eigenvalue weighted by Gasteiger charge is 2.44. The molecule has 1 saturated carbocycles. The average molecular weight is 511 g/mol. The van der Waals surface area contributed by atoms with Crippen molar-refractivity contribution in [1.82, 2.24) is 15.5 Å². The number of halogens is 2. The summed E-state index contributed by atoms with van der Waals surface area (Å²) in [5.41, 5.74) is 1.39. The summed E-state index contributed by atoms with van der Waals surface area (Å²) in [6.45, 7) is 1.74. The van der Waals surface area contributed by atoms with Crippen LogP contribution in [0.4, 0.5) is 0 Å². The molecule has 1 aromatic carbocycles. The quantitative estimate of drug-likeness (QED) is 0.244. The Morgan fingerprint density at radius 3 is 2.65 bits per heavy atom. The standard InChI is InChI=1S/C18H27ClN4OS.HI/c1-23(2)16(24)12-21-17(20-9-10-25-3)22-13-18(7-8-18)14-5-4-6-15(19)11-14;/h4-6,11H,7-10,12-13H2,1-3H3,(H2,20,21,22);1H. The fraction of sp³-hybridized carbons (Fsp3) is 0.556. The molecule has 0 spiro atoms. The minimum Gasteiger partial charge on any atom is -0.356 e. The van der Waals surface area contributed by atoms with E-state index in [0.717, 1.165) is 36.7 Å². The Balaban J connectivity index is 0.00000338. The number of rotatable bonds is 8. The van der Waals surface area contributed by atoms with Crippen LogP contribution in [0.3, 0.4) is 0 Å². The number of nitrogens with zero attached hydrogens (tertiary/aromatic N) is 2. The van der Waals surface area contributed by atoms with E-state index in [-0.39, 0.29) is 41.8 Å². The van der Waals surface area contributed by atoms with Crippen molar-refractivity contribution in [1.29, 1.82) is 0 Å². The summed E-state index contributed by atoms with van der Waals surface area (Å²) in [5.74, 6) is 1.67. The van der Waals surface area contributed by atoms with Crippen molar-refractivity contribution in [2.45, 2.75) is 18.3 Å². The summed E-state index contributed by atoms with van der Waals surface area (Å²) in [7, 11) is 3.48. The molecule has 2 N–H and O–H groups in total. The van der Waals surface area contributed by atoms with Gasteiger partial charge in [-0.2, -0.15) is 11.8 Å². The number of carbonyl (C=O) groups excluding carboxylic acids is 1. The minimum atomic E-state index is -0.0121. The van der Waals surface area contributed by atoms with Gasteiger partial charge in [-0.3, -0.25) is 4.79 Å². The smallest absolute Gasteiger partial charge is 0.243 e. The Morgan fingerprint density at radius 2 is 2.08 bits per heavy atom. The number of aliphatic imine (C=N–C) groups is 1. The third-order valence-corrected chi connectivity index (χ3v) is 5.20. The van der Waals surface area contributed by atoms with Gasteiger partial charge in [0.15, 0.2) is 5.96 Å². The van der Waals surface area contributed by atoms with Gasteiger partial charge in [0.25, 0.3) is 0 Å². The van der Waals surface area contributed by atoms with Crippen LogP contribution in [0, 0.1) is 0 Å². The molecular formula is C18H28ClIN4OS. The molecule has 0 atom stereocenters. The van der Waals surface area contributed by atoms with Crippen molar-refractivity contribution < 1.29 is 4.79 Å². The number of guanidine groups is 1. The lowest BCUT2D eigenvalue weighted by molar-refractivity contribution is -0.127. The highest BCUT2D eigenvalue weighted by Crippen LogP contribution is 2.48. The van der Waals surface area contributed by atoms with Gasteiger partial charge in [-0.15, -0.1) is 24.0 Å². The van der Waals surface area contributed by atoms with E-state index in [1.54, 1.807) is 30.8 Å². The molecule has 1 aliphatic carbocycles.